The van der Waals surface area contributed by atoms with Gasteiger partial charge in [-0.15, -0.1) is 11.3 Å². The van der Waals surface area contributed by atoms with Gasteiger partial charge >= 0.3 is 0 Å². The lowest BCUT2D eigenvalue weighted by molar-refractivity contribution is 0.145. The van der Waals surface area contributed by atoms with Crippen LogP contribution in [0, 0.1) is 20.8 Å². The number of methoxy groups -OCH3 is 1. The third-order valence-electron chi connectivity index (χ3n) is 3.94. The summed E-state index contributed by atoms with van der Waals surface area (Å²) in [5.41, 5.74) is 3.29. The summed E-state index contributed by atoms with van der Waals surface area (Å²) < 4.78 is 10.9. The van der Waals surface area contributed by atoms with Crippen LogP contribution >= 0.6 is 11.3 Å². The monoisotopic (exact) mass is 390 g/mol. The first kappa shape index (κ1) is 21.2. The van der Waals surface area contributed by atoms with Crippen LogP contribution in [0.2, 0.25) is 0 Å². The van der Waals surface area contributed by atoms with Crippen LogP contribution in [0.5, 0.6) is 5.75 Å². The number of thiazole rings is 1. The molecule has 0 amide bonds. The van der Waals surface area contributed by atoms with Crippen molar-refractivity contribution in [3.05, 3.63) is 44.9 Å². The Morgan fingerprint density at radius 3 is 2.67 bits per heavy atom. The lowest BCUT2D eigenvalue weighted by Crippen LogP contribution is -2.36. The molecule has 148 valence electrons. The molecule has 0 fully saturated rings. The zero-order valence-corrected chi connectivity index (χ0v) is 17.7. The van der Waals surface area contributed by atoms with Crippen LogP contribution in [0.3, 0.4) is 0 Å². The molecule has 2 aromatic rings. The van der Waals surface area contributed by atoms with Crippen molar-refractivity contribution in [2.24, 2.45) is 4.99 Å². The minimum Gasteiger partial charge on any atom is -0.491 e. The van der Waals surface area contributed by atoms with E-state index >= 15 is 0 Å². The number of aliphatic imine (C=N–C) groups is 1. The van der Waals surface area contributed by atoms with Gasteiger partial charge in [-0.2, -0.15) is 0 Å². The number of nitrogens with zero attached hydrogens (tertiary/aromatic N) is 2. The lowest BCUT2D eigenvalue weighted by atomic mass is 10.1. The van der Waals surface area contributed by atoms with E-state index in [1.807, 2.05) is 19.9 Å². The van der Waals surface area contributed by atoms with Crippen molar-refractivity contribution < 1.29 is 9.47 Å². The molecule has 0 aliphatic rings. The second kappa shape index (κ2) is 10.9. The molecule has 1 heterocycles. The maximum Gasteiger partial charge on any atom is 0.191 e. The highest BCUT2D eigenvalue weighted by atomic mass is 32.1. The van der Waals surface area contributed by atoms with Gasteiger partial charge in [0.25, 0.3) is 0 Å². The maximum absolute atomic E-state index is 5.86. The summed E-state index contributed by atoms with van der Waals surface area (Å²) in [5.74, 6) is 1.65. The van der Waals surface area contributed by atoms with Crippen LogP contribution < -0.4 is 15.4 Å². The topological polar surface area (TPSA) is 67.8 Å². The average molecular weight is 391 g/mol. The summed E-state index contributed by atoms with van der Waals surface area (Å²) in [6.45, 7) is 11.3. The molecule has 0 aliphatic carbocycles. The number of hydrogen-bond donors (Lipinski definition) is 2. The van der Waals surface area contributed by atoms with E-state index in [4.69, 9.17) is 14.5 Å². The smallest absolute Gasteiger partial charge is 0.191 e. The number of rotatable bonds is 9. The predicted molar refractivity (Wildman–Crippen MR) is 112 cm³/mol. The molecule has 6 nitrogen and oxygen atoms in total. The van der Waals surface area contributed by atoms with Gasteiger partial charge in [0, 0.05) is 24.1 Å². The minimum atomic E-state index is 0.527. The van der Waals surface area contributed by atoms with Gasteiger partial charge in [0.05, 0.1) is 30.4 Å². The van der Waals surface area contributed by atoms with Gasteiger partial charge in [0.15, 0.2) is 5.96 Å². The first-order chi connectivity index (χ1) is 13.0. The van der Waals surface area contributed by atoms with Crippen molar-refractivity contribution in [1.29, 1.82) is 0 Å². The summed E-state index contributed by atoms with van der Waals surface area (Å²) in [4.78, 5) is 10.4. The Labute approximate surface area is 166 Å². The highest BCUT2D eigenvalue weighted by Crippen LogP contribution is 2.21. The molecule has 1 aromatic carbocycles. The highest BCUT2D eigenvalue weighted by Gasteiger charge is 2.07. The third kappa shape index (κ3) is 6.84. The second-order valence-corrected chi connectivity index (χ2v) is 7.53. The zero-order chi connectivity index (χ0) is 19.6. The molecule has 0 atom stereocenters. The van der Waals surface area contributed by atoms with Gasteiger partial charge in [-0.3, -0.25) is 0 Å². The number of ether oxygens (including phenoxy) is 2. The molecule has 0 bridgehead atoms. The van der Waals surface area contributed by atoms with Gasteiger partial charge < -0.3 is 20.1 Å². The highest BCUT2D eigenvalue weighted by molar-refractivity contribution is 7.11. The standard InChI is InChI=1S/C20H30N4O2S/c1-6-21-20(23-13-19-15(3)24-16(4)27-19)22-12-17-8-7-14(2)11-18(17)26-10-9-25-5/h7-8,11H,6,9-10,12-13H2,1-5H3,(H2,21,22,23). The number of aromatic nitrogens is 1. The minimum absolute atomic E-state index is 0.527. The van der Waals surface area contributed by atoms with Crippen molar-refractivity contribution in [3.8, 4) is 5.75 Å². The predicted octanol–water partition coefficient (Wildman–Crippen LogP) is 3.35. The normalized spacial score (nSPS) is 11.5. The first-order valence-corrected chi connectivity index (χ1v) is 10.0. The Morgan fingerprint density at radius 1 is 1.19 bits per heavy atom. The quantitative estimate of drug-likeness (QED) is 0.390. The Kier molecular flexibility index (Phi) is 8.54. The Morgan fingerprint density at radius 2 is 2.00 bits per heavy atom. The SMILES string of the molecule is CCNC(=NCc1ccc(C)cc1OCCOC)NCc1sc(C)nc1C. The van der Waals surface area contributed by atoms with Gasteiger partial charge in [-0.05, 0) is 39.3 Å². The molecular formula is C20H30N4O2S. The molecule has 0 saturated carbocycles. The summed E-state index contributed by atoms with van der Waals surface area (Å²) in [6.07, 6.45) is 0. The van der Waals surface area contributed by atoms with Crippen molar-refractivity contribution in [1.82, 2.24) is 15.6 Å². The molecule has 1 aromatic heterocycles. The first-order valence-electron chi connectivity index (χ1n) is 9.19. The molecule has 0 spiro atoms. The third-order valence-corrected chi connectivity index (χ3v) is 5.01. The van der Waals surface area contributed by atoms with Crippen molar-refractivity contribution >= 4 is 17.3 Å². The summed E-state index contributed by atoms with van der Waals surface area (Å²) in [6, 6.07) is 6.20. The fourth-order valence-corrected chi connectivity index (χ4v) is 3.45. The number of hydrogen-bond acceptors (Lipinski definition) is 5. The van der Waals surface area contributed by atoms with Gasteiger partial charge in [0.1, 0.15) is 12.4 Å². The molecule has 2 rings (SSSR count). The van der Waals surface area contributed by atoms with E-state index in [1.165, 1.54) is 4.88 Å². The zero-order valence-electron chi connectivity index (χ0n) is 16.9. The van der Waals surface area contributed by atoms with Crippen molar-refractivity contribution in [3.63, 3.8) is 0 Å². The lowest BCUT2D eigenvalue weighted by Gasteiger charge is -2.13. The fourth-order valence-electron chi connectivity index (χ4n) is 2.57. The van der Waals surface area contributed by atoms with E-state index in [0.29, 0.717) is 26.3 Å². The van der Waals surface area contributed by atoms with E-state index in [9.17, 15) is 0 Å². The summed E-state index contributed by atoms with van der Waals surface area (Å²) in [7, 11) is 1.67. The van der Waals surface area contributed by atoms with Crippen LogP contribution in [-0.2, 0) is 17.8 Å². The largest absolute Gasteiger partial charge is 0.491 e. The van der Waals surface area contributed by atoms with Gasteiger partial charge in [0.2, 0.25) is 0 Å². The average Bonchev–Trinajstić information content (AvgIpc) is 2.96. The van der Waals surface area contributed by atoms with Gasteiger partial charge in [-0.25, -0.2) is 9.98 Å². The Balaban J connectivity index is 2.06. The number of aryl methyl sites for hydroxylation is 3. The number of nitrogens with one attached hydrogen (secondary N) is 2. The van der Waals surface area contributed by atoms with Crippen LogP contribution in [-0.4, -0.2) is 37.8 Å². The maximum atomic E-state index is 5.86. The molecule has 27 heavy (non-hydrogen) atoms. The molecule has 0 radical (unpaired) electrons. The van der Waals surface area contributed by atoms with E-state index in [2.05, 4.69) is 41.6 Å². The van der Waals surface area contributed by atoms with Crippen LogP contribution in [0.15, 0.2) is 23.2 Å². The van der Waals surface area contributed by atoms with E-state index < -0.39 is 0 Å². The summed E-state index contributed by atoms with van der Waals surface area (Å²) >= 11 is 1.72. The molecule has 0 aliphatic heterocycles. The van der Waals surface area contributed by atoms with Crippen LogP contribution in [0.1, 0.15) is 33.6 Å². The van der Waals surface area contributed by atoms with Crippen LogP contribution in [0.4, 0.5) is 0 Å². The van der Waals surface area contributed by atoms with Gasteiger partial charge in [-0.1, -0.05) is 12.1 Å². The summed E-state index contributed by atoms with van der Waals surface area (Å²) in [5, 5.41) is 7.77. The van der Waals surface area contributed by atoms with E-state index in [0.717, 1.165) is 40.1 Å². The fraction of sp³-hybridized carbons (Fsp3) is 0.500. The van der Waals surface area contributed by atoms with Crippen LogP contribution in [0.25, 0.3) is 0 Å². The second-order valence-electron chi connectivity index (χ2n) is 6.24. The molecule has 0 saturated heterocycles. The number of benzene rings is 1. The van der Waals surface area contributed by atoms with E-state index in [1.54, 1.807) is 18.4 Å². The molecular weight excluding hydrogens is 360 g/mol. The number of guanidine groups is 1. The molecule has 7 heteroatoms. The molecule has 2 N–H and O–H groups in total. The Hall–Kier alpha value is -2.12. The van der Waals surface area contributed by atoms with Crippen molar-refractivity contribution in [2.75, 3.05) is 26.9 Å². The van der Waals surface area contributed by atoms with Crippen molar-refractivity contribution in [2.45, 2.75) is 40.8 Å². The molecule has 0 unspecified atom stereocenters. The van der Waals surface area contributed by atoms with E-state index in [-0.39, 0.29) is 0 Å². The Bertz CT molecular complexity index is 758.